The van der Waals surface area contributed by atoms with Crippen LogP contribution in [0, 0.1) is 42.2 Å². The Morgan fingerprint density at radius 1 is 0.989 bits per heavy atom. The van der Waals surface area contributed by atoms with Crippen LogP contribution in [0.2, 0.25) is 5.02 Å². The second kappa shape index (κ2) is 32.9. The zero-order valence-corrected chi connectivity index (χ0v) is 55.6. The normalized spacial score (nSPS) is 24.2. The van der Waals surface area contributed by atoms with Crippen molar-refractivity contribution in [1.29, 1.82) is 0 Å². The smallest absolute Gasteiger partial charge is 0.328 e. The SMILES string of the molecule is CO[C@@H]1/C=C/C=C(\C)Cc2cc(C)c(Cl)c(c2)N(C)C(=O)C[C@H](OC(=O)[C@H](C)N(C)C(=O)c2cc(F)c(CC(=O)[C@H](CCCNC(N)=O)NC(=O)[C@@H](CC(=O)CCCCCOC(=O)C(CBr)CBr)C(C)C)cc2F)[C@]2(C)O[C@H]2[C@H](C)[C@@H]2C[C@@]1(O)CC(=O)O2. The first-order valence-electron chi connectivity index (χ1n) is 29.5. The van der Waals surface area contributed by atoms with Crippen molar-refractivity contribution in [2.45, 2.75) is 173 Å². The summed E-state index contributed by atoms with van der Waals surface area (Å²) in [7, 11) is 4.11. The molecular weight excluding hydrogens is 1300 g/mol. The monoisotopic (exact) mass is 1380 g/mol. The van der Waals surface area contributed by atoms with E-state index in [1.54, 1.807) is 52.8 Å². The van der Waals surface area contributed by atoms with Crippen molar-refractivity contribution in [2.24, 2.45) is 29.4 Å². The highest BCUT2D eigenvalue weighted by atomic mass is 79.9. The molecule has 88 heavy (non-hydrogen) atoms. The molecule has 2 fully saturated rings. The average Bonchev–Trinajstić information content (AvgIpc) is 1.65. The number of nitrogens with zero attached hydrogens (tertiary/aromatic N) is 2. The zero-order chi connectivity index (χ0) is 65.5. The zero-order valence-electron chi connectivity index (χ0n) is 51.7. The topological polar surface area (TPSA) is 280 Å². The third kappa shape index (κ3) is 19.4. The number of methoxy groups -OCH3 is 1. The lowest BCUT2D eigenvalue weighted by Gasteiger charge is -2.41. The van der Waals surface area contributed by atoms with E-state index in [9.17, 15) is 48.3 Å². The molecule has 0 spiro atoms. The number of likely N-dealkylation sites (N-methyl/N-ethyl adjacent to an activating group) is 1. The molecule has 0 saturated carbocycles. The van der Waals surface area contributed by atoms with Gasteiger partial charge in [-0.15, -0.1) is 0 Å². The van der Waals surface area contributed by atoms with Crippen molar-refractivity contribution < 1.29 is 80.7 Å². The van der Waals surface area contributed by atoms with Crippen molar-refractivity contribution in [2.75, 3.05) is 49.9 Å². The number of hydrogen-bond acceptors (Lipinski definition) is 15. The summed E-state index contributed by atoms with van der Waals surface area (Å²) in [6.45, 7) is 12.0. The van der Waals surface area contributed by atoms with Gasteiger partial charge in [0, 0.05) is 75.9 Å². The molecule has 486 valence electrons. The van der Waals surface area contributed by atoms with Crippen LogP contribution < -0.4 is 21.3 Å². The summed E-state index contributed by atoms with van der Waals surface area (Å²) in [5.41, 5.74) is 3.63. The predicted molar refractivity (Wildman–Crippen MR) is 332 cm³/mol. The molecule has 5 N–H and O–H groups in total. The Hall–Kier alpha value is -5.66. The number of urea groups is 1. The maximum Gasteiger partial charge on any atom is 0.328 e. The van der Waals surface area contributed by atoms with Crippen molar-refractivity contribution in [1.82, 2.24) is 15.5 Å². The standard InChI is InChI=1S/C63H84Br2ClF2N5O15/c1-34(2)43(27-42(74)17-12-11-13-21-85-60(81)41(32-64)33-65)57(78)71-47(18-15-20-70-61(69)82)49(75)26-40-25-46(68)44(28-45(40)67)58(79)72(8)38(6)59(80)87-52-29-53(76)73(9)48-24-39(23-36(4)55(48)66)22-35(3)16-14-19-51(84-10)63(83)30-50(86-54(77)31-63)37(5)56-62(52,7)88-56/h14,16,19,23-25,28,34,37-38,41,43,47,50-52,56,83H,11-13,15,17-18,20-22,26-27,29-33H2,1-10H3,(H,71,78)(H3,69,70,82)/b19-14+,35-16+/t37-,38+,43+,47+,50+,51-,52+,56+,62+,63-/m1/s1. The molecule has 3 aliphatic rings. The van der Waals surface area contributed by atoms with Crippen LogP contribution in [-0.2, 0) is 70.1 Å². The fraction of sp³-hybridized carbons (Fsp3) is 0.603. The summed E-state index contributed by atoms with van der Waals surface area (Å²) in [4.78, 5) is 123. The average molecular weight is 1380 g/mol. The number of benzene rings is 2. The molecule has 2 aromatic rings. The molecule has 0 unspecified atom stereocenters. The largest absolute Gasteiger partial charge is 0.465 e. The summed E-state index contributed by atoms with van der Waals surface area (Å²) in [6, 6.07) is 1.30. The van der Waals surface area contributed by atoms with Gasteiger partial charge in [-0.3, -0.25) is 33.6 Å². The number of alkyl halides is 2. The molecular formula is C63H84Br2ClF2N5O15. The third-order valence-corrected chi connectivity index (χ3v) is 18.8. The number of primary amides is 1. The number of nitrogens with two attached hydrogens (primary N) is 1. The van der Waals surface area contributed by atoms with Crippen molar-refractivity contribution in [3.8, 4) is 0 Å². The fourth-order valence-electron chi connectivity index (χ4n) is 11.0. The molecule has 0 radical (unpaired) electrons. The summed E-state index contributed by atoms with van der Waals surface area (Å²) >= 11 is 13.4. The molecule has 5 rings (SSSR count). The second-order valence-electron chi connectivity index (χ2n) is 23.9. The summed E-state index contributed by atoms with van der Waals surface area (Å²) in [6.07, 6.45) is 1.70. The van der Waals surface area contributed by atoms with Crippen LogP contribution in [0.4, 0.5) is 19.3 Å². The van der Waals surface area contributed by atoms with Crippen LogP contribution in [0.1, 0.15) is 133 Å². The van der Waals surface area contributed by atoms with E-state index in [1.165, 1.54) is 26.0 Å². The number of epoxide rings is 1. The van der Waals surface area contributed by atoms with Crippen LogP contribution in [0.5, 0.6) is 0 Å². The number of amides is 5. The van der Waals surface area contributed by atoms with Crippen LogP contribution in [0.25, 0.3) is 0 Å². The maximum absolute atomic E-state index is 16.2. The number of fused-ring (bicyclic) bond motifs is 5. The predicted octanol–water partition coefficient (Wildman–Crippen LogP) is 8.44. The number of allylic oxidation sites excluding steroid dienone is 3. The summed E-state index contributed by atoms with van der Waals surface area (Å²) < 4.78 is 61.6. The molecule has 20 nitrogen and oxygen atoms in total. The van der Waals surface area contributed by atoms with E-state index in [-0.39, 0.29) is 75.3 Å². The quantitative estimate of drug-likeness (QED) is 0.0226. The van der Waals surface area contributed by atoms with E-state index < -0.39 is 137 Å². The van der Waals surface area contributed by atoms with Crippen LogP contribution in [0.15, 0.2) is 48.1 Å². The lowest BCUT2D eigenvalue weighted by molar-refractivity contribution is -0.187. The minimum atomic E-state index is -1.69. The number of hydrogen-bond donors (Lipinski definition) is 4. The van der Waals surface area contributed by atoms with Gasteiger partial charge in [-0.05, 0) is 107 Å². The molecule has 2 saturated heterocycles. The Labute approximate surface area is 535 Å². The van der Waals surface area contributed by atoms with E-state index in [4.69, 9.17) is 41.0 Å². The number of nitrogens with one attached hydrogen (secondary N) is 2. The number of ketones is 2. The van der Waals surface area contributed by atoms with Gasteiger partial charge in [0.2, 0.25) is 11.8 Å². The Balaban J connectivity index is 1.33. The minimum absolute atomic E-state index is 0.0114. The summed E-state index contributed by atoms with van der Waals surface area (Å²) in [5.74, 6) is -9.95. The lowest BCUT2D eigenvalue weighted by atomic mass is 9.78. The highest BCUT2D eigenvalue weighted by molar-refractivity contribution is 9.09. The fourth-order valence-corrected chi connectivity index (χ4v) is 12.8. The number of unbranched alkanes of at least 4 members (excludes halogenated alkanes) is 2. The van der Waals surface area contributed by atoms with Crippen LogP contribution in [-0.4, -0.2) is 156 Å². The number of Topliss-reactive ketones (excluding diaryl/α,β-unsaturated/α-hetero) is 2. The Morgan fingerprint density at radius 3 is 2.33 bits per heavy atom. The Bertz CT molecular complexity index is 2970. The van der Waals surface area contributed by atoms with Gasteiger partial charge in [0.05, 0.1) is 53.8 Å². The van der Waals surface area contributed by atoms with E-state index in [0.717, 1.165) is 23.1 Å². The highest BCUT2D eigenvalue weighted by Crippen LogP contribution is 2.50. The van der Waals surface area contributed by atoms with Gasteiger partial charge in [0.25, 0.3) is 5.91 Å². The first-order chi connectivity index (χ1) is 41.4. The number of ether oxygens (including phenoxy) is 5. The molecule has 0 aliphatic carbocycles. The Kier molecular flexibility index (Phi) is 27.3. The highest BCUT2D eigenvalue weighted by Gasteiger charge is 2.64. The maximum atomic E-state index is 16.2. The molecule has 3 aliphatic heterocycles. The molecule has 2 aromatic carbocycles. The molecule has 10 atom stereocenters. The first-order valence-corrected chi connectivity index (χ1v) is 32.2. The van der Waals surface area contributed by atoms with Crippen LogP contribution in [0.3, 0.4) is 0 Å². The number of halogens is 5. The van der Waals surface area contributed by atoms with Gasteiger partial charge < -0.3 is 55.0 Å². The van der Waals surface area contributed by atoms with E-state index in [0.29, 0.717) is 64.7 Å². The van der Waals surface area contributed by atoms with Crippen molar-refractivity contribution in [3.05, 3.63) is 87.0 Å². The van der Waals surface area contributed by atoms with Crippen molar-refractivity contribution >= 4 is 102 Å². The number of rotatable bonds is 26. The van der Waals surface area contributed by atoms with Crippen LogP contribution >= 0.6 is 43.5 Å². The van der Waals surface area contributed by atoms with Gasteiger partial charge in [0.1, 0.15) is 53.0 Å². The number of carbonyl (C=O) groups is 9. The number of aryl methyl sites for hydroxylation is 1. The minimum Gasteiger partial charge on any atom is -0.465 e. The third-order valence-electron chi connectivity index (χ3n) is 16.7. The number of aliphatic hydroxyl groups is 1. The molecule has 25 heteroatoms. The van der Waals surface area contributed by atoms with Gasteiger partial charge in [-0.2, -0.15) is 0 Å². The van der Waals surface area contributed by atoms with E-state index in [1.807, 2.05) is 19.1 Å². The van der Waals surface area contributed by atoms with E-state index in [2.05, 4.69) is 42.5 Å². The van der Waals surface area contributed by atoms with Crippen molar-refractivity contribution in [3.63, 3.8) is 0 Å². The van der Waals surface area contributed by atoms with Gasteiger partial charge in [-0.25, -0.2) is 18.4 Å². The second-order valence-corrected chi connectivity index (χ2v) is 25.6. The van der Waals surface area contributed by atoms with Gasteiger partial charge in [0.15, 0.2) is 5.78 Å². The van der Waals surface area contributed by atoms with Gasteiger partial charge in [-0.1, -0.05) is 94.1 Å². The van der Waals surface area contributed by atoms with Gasteiger partial charge >= 0.3 is 23.9 Å². The Morgan fingerprint density at radius 2 is 1.68 bits per heavy atom. The first kappa shape index (κ1) is 73.1. The molecule has 4 bridgehead atoms. The molecule has 5 amide bonds. The number of anilines is 1. The number of carbonyl (C=O) groups excluding carboxylic acids is 9. The lowest BCUT2D eigenvalue weighted by Crippen LogP contribution is -2.53. The van der Waals surface area contributed by atoms with E-state index >= 15 is 8.78 Å². The molecule has 0 aromatic heterocycles. The number of esters is 3. The molecule has 3 heterocycles. The summed E-state index contributed by atoms with van der Waals surface area (Å²) in [5, 5.41) is 18.3.